The van der Waals surface area contributed by atoms with Crippen molar-refractivity contribution in [3.63, 3.8) is 0 Å². The summed E-state index contributed by atoms with van der Waals surface area (Å²) in [5, 5.41) is 3.56. The molecule has 2 aliphatic rings. The number of benzene rings is 1. The predicted octanol–water partition coefficient (Wildman–Crippen LogP) is 4.56. The van der Waals surface area contributed by atoms with Crippen molar-refractivity contribution >= 4 is 0 Å². The molecule has 1 aromatic rings. The third kappa shape index (κ3) is 3.26. The normalized spacial score (nSPS) is 28.8. The van der Waals surface area contributed by atoms with Crippen LogP contribution < -0.4 is 10.1 Å². The van der Waals surface area contributed by atoms with Crippen molar-refractivity contribution in [1.82, 2.24) is 5.32 Å². The topological polar surface area (TPSA) is 21.3 Å². The summed E-state index contributed by atoms with van der Waals surface area (Å²) < 4.78 is 6.26. The Morgan fingerprint density at radius 1 is 1.19 bits per heavy atom. The Bertz CT molecular complexity index is 459. The molecule has 0 amide bonds. The van der Waals surface area contributed by atoms with Gasteiger partial charge in [0.15, 0.2) is 0 Å². The lowest BCUT2D eigenvalue weighted by Crippen LogP contribution is -2.22. The standard InChI is InChI=1S/C19H29NO/c1-3-18(20-4-2)17-7-5-6-8-19(17)21-13-16-12-14-9-10-15(16)11-14/h5-8,14-16,18,20H,3-4,9-13H2,1-2H3. The largest absolute Gasteiger partial charge is 0.493 e. The van der Waals surface area contributed by atoms with Gasteiger partial charge in [0, 0.05) is 11.6 Å². The number of hydrogen-bond acceptors (Lipinski definition) is 2. The zero-order valence-electron chi connectivity index (χ0n) is 13.5. The number of fused-ring (bicyclic) bond motifs is 2. The lowest BCUT2D eigenvalue weighted by molar-refractivity contribution is 0.193. The molecule has 3 rings (SSSR count). The van der Waals surface area contributed by atoms with Gasteiger partial charge in [-0.1, -0.05) is 38.5 Å². The molecule has 2 bridgehead atoms. The smallest absolute Gasteiger partial charge is 0.124 e. The van der Waals surface area contributed by atoms with Crippen LogP contribution in [0, 0.1) is 17.8 Å². The Balaban J connectivity index is 1.64. The number of rotatable bonds is 7. The van der Waals surface area contributed by atoms with Crippen molar-refractivity contribution in [2.24, 2.45) is 17.8 Å². The molecule has 0 spiro atoms. The summed E-state index contributed by atoms with van der Waals surface area (Å²) in [5.74, 6) is 3.84. The van der Waals surface area contributed by atoms with Crippen LogP contribution in [0.3, 0.4) is 0 Å². The van der Waals surface area contributed by atoms with Gasteiger partial charge in [0.2, 0.25) is 0 Å². The minimum atomic E-state index is 0.409. The van der Waals surface area contributed by atoms with Crippen LogP contribution in [-0.4, -0.2) is 13.2 Å². The van der Waals surface area contributed by atoms with Gasteiger partial charge >= 0.3 is 0 Å². The van der Waals surface area contributed by atoms with Crippen LogP contribution >= 0.6 is 0 Å². The van der Waals surface area contributed by atoms with Crippen molar-refractivity contribution in [3.05, 3.63) is 29.8 Å². The van der Waals surface area contributed by atoms with Gasteiger partial charge in [-0.2, -0.15) is 0 Å². The number of hydrogen-bond donors (Lipinski definition) is 1. The second-order valence-electron chi connectivity index (χ2n) is 6.80. The molecule has 116 valence electrons. The van der Waals surface area contributed by atoms with E-state index in [1.807, 2.05) is 0 Å². The highest BCUT2D eigenvalue weighted by Crippen LogP contribution is 2.48. The van der Waals surface area contributed by atoms with E-state index in [1.165, 1.54) is 31.2 Å². The Hall–Kier alpha value is -1.02. The van der Waals surface area contributed by atoms with Gasteiger partial charge in [0.25, 0.3) is 0 Å². The minimum Gasteiger partial charge on any atom is -0.493 e. The van der Waals surface area contributed by atoms with Crippen LogP contribution in [-0.2, 0) is 0 Å². The van der Waals surface area contributed by atoms with Crippen LogP contribution in [0.1, 0.15) is 57.6 Å². The maximum absolute atomic E-state index is 6.26. The number of ether oxygens (including phenoxy) is 1. The lowest BCUT2D eigenvalue weighted by atomic mass is 9.89. The molecule has 2 fully saturated rings. The lowest BCUT2D eigenvalue weighted by Gasteiger charge is -2.24. The molecule has 0 saturated heterocycles. The molecule has 2 aliphatic carbocycles. The van der Waals surface area contributed by atoms with E-state index in [2.05, 4.69) is 43.4 Å². The van der Waals surface area contributed by atoms with Gasteiger partial charge in [0.1, 0.15) is 5.75 Å². The first-order valence-corrected chi connectivity index (χ1v) is 8.76. The molecule has 2 nitrogen and oxygen atoms in total. The highest BCUT2D eigenvalue weighted by Gasteiger charge is 2.39. The number of para-hydroxylation sites is 1. The summed E-state index contributed by atoms with van der Waals surface area (Å²) in [5.41, 5.74) is 1.32. The van der Waals surface area contributed by atoms with Gasteiger partial charge in [-0.15, -0.1) is 0 Å². The summed E-state index contributed by atoms with van der Waals surface area (Å²) in [6.45, 7) is 6.32. The maximum Gasteiger partial charge on any atom is 0.124 e. The molecule has 0 aromatic heterocycles. The quantitative estimate of drug-likeness (QED) is 0.793. The van der Waals surface area contributed by atoms with Crippen molar-refractivity contribution in [2.75, 3.05) is 13.2 Å². The zero-order valence-corrected chi connectivity index (χ0v) is 13.5. The summed E-state index contributed by atoms with van der Waals surface area (Å²) in [4.78, 5) is 0. The van der Waals surface area contributed by atoms with Crippen LogP contribution in [0.2, 0.25) is 0 Å². The molecular formula is C19H29NO. The van der Waals surface area contributed by atoms with E-state index < -0.39 is 0 Å². The van der Waals surface area contributed by atoms with Crippen molar-refractivity contribution < 1.29 is 4.74 Å². The maximum atomic E-state index is 6.26. The first-order valence-electron chi connectivity index (χ1n) is 8.76. The van der Waals surface area contributed by atoms with Gasteiger partial charge in [-0.3, -0.25) is 0 Å². The highest BCUT2D eigenvalue weighted by molar-refractivity contribution is 5.36. The van der Waals surface area contributed by atoms with Crippen LogP contribution in [0.25, 0.3) is 0 Å². The summed E-state index contributed by atoms with van der Waals surface area (Å²) in [6, 6.07) is 8.99. The average molecular weight is 287 g/mol. The average Bonchev–Trinajstić information content (AvgIpc) is 3.14. The second kappa shape index (κ2) is 6.83. The molecule has 21 heavy (non-hydrogen) atoms. The van der Waals surface area contributed by atoms with Gasteiger partial charge < -0.3 is 10.1 Å². The van der Waals surface area contributed by atoms with Crippen molar-refractivity contribution in [3.8, 4) is 5.75 Å². The highest BCUT2D eigenvalue weighted by atomic mass is 16.5. The fraction of sp³-hybridized carbons (Fsp3) is 0.684. The van der Waals surface area contributed by atoms with Crippen LogP contribution in [0.4, 0.5) is 0 Å². The summed E-state index contributed by atoms with van der Waals surface area (Å²) >= 11 is 0. The Morgan fingerprint density at radius 3 is 2.71 bits per heavy atom. The van der Waals surface area contributed by atoms with Gasteiger partial charge in [-0.05, 0) is 56.0 Å². The Kier molecular flexibility index (Phi) is 4.84. The molecule has 0 radical (unpaired) electrons. The van der Waals surface area contributed by atoms with Crippen molar-refractivity contribution in [1.29, 1.82) is 0 Å². The molecule has 4 unspecified atom stereocenters. The Labute approximate surface area is 129 Å². The van der Waals surface area contributed by atoms with E-state index in [4.69, 9.17) is 4.74 Å². The summed E-state index contributed by atoms with van der Waals surface area (Å²) in [6.07, 6.45) is 6.87. The fourth-order valence-electron chi connectivity index (χ4n) is 4.40. The third-order valence-corrected chi connectivity index (χ3v) is 5.49. The monoisotopic (exact) mass is 287 g/mol. The minimum absolute atomic E-state index is 0.409. The van der Waals surface area contributed by atoms with Crippen LogP contribution in [0.5, 0.6) is 5.75 Å². The predicted molar refractivity (Wildman–Crippen MR) is 87.6 cm³/mol. The molecule has 0 heterocycles. The molecule has 2 heteroatoms. The SMILES string of the molecule is CCNC(CC)c1ccccc1OCC1CC2CCC1C2. The summed E-state index contributed by atoms with van der Waals surface area (Å²) in [7, 11) is 0. The van der Waals surface area contributed by atoms with E-state index in [1.54, 1.807) is 0 Å². The molecular weight excluding hydrogens is 258 g/mol. The van der Waals surface area contributed by atoms with E-state index in [0.717, 1.165) is 43.1 Å². The molecule has 1 N–H and O–H groups in total. The first-order chi connectivity index (χ1) is 10.3. The zero-order chi connectivity index (χ0) is 14.7. The van der Waals surface area contributed by atoms with E-state index in [-0.39, 0.29) is 0 Å². The molecule has 2 saturated carbocycles. The van der Waals surface area contributed by atoms with Gasteiger partial charge in [0.05, 0.1) is 6.61 Å². The van der Waals surface area contributed by atoms with Gasteiger partial charge in [-0.25, -0.2) is 0 Å². The fourth-order valence-corrected chi connectivity index (χ4v) is 4.40. The number of nitrogens with one attached hydrogen (secondary N) is 1. The first kappa shape index (κ1) is 14.9. The van der Waals surface area contributed by atoms with E-state index >= 15 is 0 Å². The van der Waals surface area contributed by atoms with Crippen LogP contribution in [0.15, 0.2) is 24.3 Å². The molecule has 4 atom stereocenters. The van der Waals surface area contributed by atoms with E-state index in [9.17, 15) is 0 Å². The van der Waals surface area contributed by atoms with E-state index in [0.29, 0.717) is 6.04 Å². The third-order valence-electron chi connectivity index (χ3n) is 5.49. The molecule has 1 aromatic carbocycles. The van der Waals surface area contributed by atoms with Crippen molar-refractivity contribution in [2.45, 2.75) is 52.0 Å². The Morgan fingerprint density at radius 2 is 2.05 bits per heavy atom. The second-order valence-corrected chi connectivity index (χ2v) is 6.80. The molecule has 0 aliphatic heterocycles.